The third-order valence-electron chi connectivity index (χ3n) is 1.78. The van der Waals surface area contributed by atoms with Gasteiger partial charge in [-0.3, -0.25) is 0 Å². The minimum absolute atomic E-state index is 0.173. The highest BCUT2D eigenvalue weighted by atomic mass is 19.1. The fourth-order valence-corrected chi connectivity index (χ4v) is 1.09. The Hall–Kier alpha value is -1.36. The number of hydrogen-bond donors (Lipinski definition) is 0. The molecule has 0 aliphatic heterocycles. The first kappa shape index (κ1) is 8.73. The van der Waals surface area contributed by atoms with Crippen molar-refractivity contribution in [3.05, 3.63) is 35.1 Å². The van der Waals surface area contributed by atoms with Gasteiger partial charge in [-0.25, -0.2) is 4.39 Å². The molecule has 0 spiro atoms. The lowest BCUT2D eigenvalue weighted by Crippen LogP contribution is -1.92. The number of aryl methyl sites for hydroxylation is 2. The zero-order valence-corrected chi connectivity index (χ0v) is 6.97. The van der Waals surface area contributed by atoms with Gasteiger partial charge in [-0.1, -0.05) is 18.2 Å². The van der Waals surface area contributed by atoms with Crippen LogP contribution < -0.4 is 0 Å². The molecule has 0 aliphatic rings. The van der Waals surface area contributed by atoms with E-state index in [0.717, 1.165) is 0 Å². The molecule has 0 aromatic heterocycles. The van der Waals surface area contributed by atoms with Crippen molar-refractivity contribution < 1.29 is 4.39 Å². The van der Waals surface area contributed by atoms with E-state index in [1.54, 1.807) is 19.1 Å². The maximum Gasteiger partial charge on any atom is 0.129 e. The quantitative estimate of drug-likeness (QED) is 0.657. The molecule has 1 rings (SSSR count). The number of rotatable bonds is 2. The molecule has 0 unspecified atom stereocenters. The van der Waals surface area contributed by atoms with Gasteiger partial charge >= 0.3 is 0 Å². The average Bonchev–Trinajstić information content (AvgIpc) is 2.08. The summed E-state index contributed by atoms with van der Waals surface area (Å²) in [5.41, 5.74) is 1.28. The zero-order chi connectivity index (χ0) is 8.97. The van der Waals surface area contributed by atoms with Crippen molar-refractivity contribution in [1.82, 2.24) is 0 Å². The van der Waals surface area contributed by atoms with Gasteiger partial charge < -0.3 is 0 Å². The van der Waals surface area contributed by atoms with Crippen LogP contribution in [0.25, 0.3) is 0 Å². The van der Waals surface area contributed by atoms with Crippen molar-refractivity contribution in [2.45, 2.75) is 19.8 Å². The molecule has 1 aromatic carbocycles. The minimum Gasteiger partial charge on any atom is -0.206 e. The number of benzene rings is 1. The van der Waals surface area contributed by atoms with Crippen molar-refractivity contribution in [2.75, 3.05) is 0 Å². The lowest BCUT2D eigenvalue weighted by molar-refractivity contribution is 0.601. The van der Waals surface area contributed by atoms with Crippen LogP contribution in [-0.2, 0) is 6.42 Å². The van der Waals surface area contributed by atoms with E-state index in [4.69, 9.17) is 5.26 Å². The van der Waals surface area contributed by atoms with E-state index in [1.165, 1.54) is 0 Å². The normalized spacial score (nSPS) is 9.42. The van der Waals surface area contributed by atoms with Gasteiger partial charge in [-0.2, -0.15) is 5.26 Å². The first-order chi connectivity index (χ1) is 5.75. The Balaban J connectivity index is 2.86. The molecule has 0 bridgehead atoms. The smallest absolute Gasteiger partial charge is 0.129 e. The van der Waals surface area contributed by atoms with Crippen LogP contribution in [0.3, 0.4) is 0 Å². The van der Waals surface area contributed by atoms with Crippen molar-refractivity contribution in [2.24, 2.45) is 0 Å². The second kappa shape index (κ2) is 3.87. The van der Waals surface area contributed by atoms with Crippen LogP contribution in [0, 0.1) is 24.1 Å². The van der Waals surface area contributed by atoms with Crippen LogP contribution in [0.15, 0.2) is 18.2 Å². The highest BCUT2D eigenvalue weighted by molar-refractivity contribution is 5.25. The monoisotopic (exact) mass is 163 g/mol. The van der Waals surface area contributed by atoms with Gasteiger partial charge in [0.2, 0.25) is 0 Å². The minimum atomic E-state index is -0.173. The first-order valence-corrected chi connectivity index (χ1v) is 3.86. The molecule has 0 amide bonds. The zero-order valence-electron chi connectivity index (χ0n) is 6.97. The first-order valence-electron chi connectivity index (χ1n) is 3.86. The summed E-state index contributed by atoms with van der Waals surface area (Å²) in [6.07, 6.45) is 0.879. The Labute approximate surface area is 71.4 Å². The Kier molecular flexibility index (Phi) is 2.82. The van der Waals surface area contributed by atoms with Crippen LogP contribution in [0.2, 0.25) is 0 Å². The van der Waals surface area contributed by atoms with E-state index in [2.05, 4.69) is 0 Å². The van der Waals surface area contributed by atoms with Crippen LogP contribution in [-0.4, -0.2) is 0 Å². The van der Waals surface area contributed by atoms with Crippen LogP contribution >= 0.6 is 0 Å². The van der Waals surface area contributed by atoms with Crippen molar-refractivity contribution in [3.8, 4) is 6.07 Å². The number of nitriles is 1. The summed E-state index contributed by atoms with van der Waals surface area (Å²) in [6.45, 7) is 1.73. The maximum absolute atomic E-state index is 13.2. The molecule has 0 fully saturated rings. The Morgan fingerprint density at radius 3 is 2.92 bits per heavy atom. The van der Waals surface area contributed by atoms with Gasteiger partial charge in [-0.05, 0) is 24.5 Å². The summed E-state index contributed by atoms with van der Waals surface area (Å²) in [6, 6.07) is 7.26. The summed E-state index contributed by atoms with van der Waals surface area (Å²) < 4.78 is 13.2. The van der Waals surface area contributed by atoms with Gasteiger partial charge in [-0.15, -0.1) is 0 Å². The lowest BCUT2D eigenvalue weighted by atomic mass is 10.1. The van der Waals surface area contributed by atoms with E-state index >= 15 is 0 Å². The van der Waals surface area contributed by atoms with E-state index in [-0.39, 0.29) is 5.82 Å². The van der Waals surface area contributed by atoms with Gasteiger partial charge in [0, 0.05) is 6.42 Å². The molecule has 0 atom stereocenters. The Morgan fingerprint density at radius 2 is 2.25 bits per heavy atom. The summed E-state index contributed by atoms with van der Waals surface area (Å²) in [7, 11) is 0. The molecule has 0 N–H and O–H groups in total. The molecule has 62 valence electrons. The molecule has 0 radical (unpaired) electrons. The second-order valence-electron chi connectivity index (χ2n) is 2.71. The van der Waals surface area contributed by atoms with Gasteiger partial charge in [0.05, 0.1) is 6.07 Å². The molecule has 0 saturated carbocycles. The number of nitrogens with zero attached hydrogens (tertiary/aromatic N) is 1. The van der Waals surface area contributed by atoms with Gasteiger partial charge in [0.25, 0.3) is 0 Å². The fourth-order valence-electron chi connectivity index (χ4n) is 1.09. The predicted molar refractivity (Wildman–Crippen MR) is 45.1 cm³/mol. The number of halogens is 1. The van der Waals surface area contributed by atoms with E-state index in [1.807, 2.05) is 12.1 Å². The van der Waals surface area contributed by atoms with Crippen LogP contribution in [0.4, 0.5) is 4.39 Å². The second-order valence-corrected chi connectivity index (χ2v) is 2.71. The predicted octanol–water partition coefficient (Wildman–Crippen LogP) is 2.59. The highest BCUT2D eigenvalue weighted by Crippen LogP contribution is 2.13. The van der Waals surface area contributed by atoms with E-state index in [0.29, 0.717) is 24.0 Å². The summed E-state index contributed by atoms with van der Waals surface area (Å²) in [4.78, 5) is 0. The van der Waals surface area contributed by atoms with Crippen LogP contribution in [0.1, 0.15) is 17.5 Å². The van der Waals surface area contributed by atoms with Gasteiger partial charge in [0.15, 0.2) is 0 Å². The molecule has 0 heterocycles. The fraction of sp³-hybridized carbons (Fsp3) is 0.300. The maximum atomic E-state index is 13.2. The summed E-state index contributed by atoms with van der Waals surface area (Å²) in [5, 5.41) is 8.32. The van der Waals surface area contributed by atoms with E-state index < -0.39 is 0 Å². The molecule has 12 heavy (non-hydrogen) atoms. The Morgan fingerprint density at radius 1 is 1.50 bits per heavy atom. The molecule has 1 aromatic rings. The SMILES string of the molecule is Cc1cccc(CCC#N)c1F. The third kappa shape index (κ3) is 1.82. The third-order valence-corrected chi connectivity index (χ3v) is 1.78. The molecular formula is C10H10FN. The van der Waals surface area contributed by atoms with Crippen LogP contribution in [0.5, 0.6) is 0 Å². The van der Waals surface area contributed by atoms with Crippen molar-refractivity contribution in [1.29, 1.82) is 5.26 Å². The topological polar surface area (TPSA) is 23.8 Å². The average molecular weight is 163 g/mol. The Bertz CT molecular complexity index is 312. The standard InChI is InChI=1S/C10H10FN/c1-8-4-2-5-9(10(8)11)6-3-7-12/h2,4-5H,3,6H2,1H3. The highest BCUT2D eigenvalue weighted by Gasteiger charge is 2.02. The molecular weight excluding hydrogens is 153 g/mol. The molecule has 0 aliphatic carbocycles. The van der Waals surface area contributed by atoms with Crippen molar-refractivity contribution in [3.63, 3.8) is 0 Å². The van der Waals surface area contributed by atoms with Gasteiger partial charge in [0.1, 0.15) is 5.82 Å². The molecule has 1 nitrogen and oxygen atoms in total. The number of hydrogen-bond acceptors (Lipinski definition) is 1. The molecule has 2 heteroatoms. The molecule has 0 saturated heterocycles. The summed E-state index contributed by atoms with van der Waals surface area (Å²) >= 11 is 0. The van der Waals surface area contributed by atoms with E-state index in [9.17, 15) is 4.39 Å². The summed E-state index contributed by atoms with van der Waals surface area (Å²) in [5.74, 6) is -0.173. The van der Waals surface area contributed by atoms with Crippen molar-refractivity contribution >= 4 is 0 Å². The largest absolute Gasteiger partial charge is 0.206 e. The lowest BCUT2D eigenvalue weighted by Gasteiger charge is -2.01.